The van der Waals surface area contributed by atoms with Crippen LogP contribution < -0.4 is 5.43 Å². The molecule has 4 nitrogen and oxygen atoms in total. The zero-order valence-electron chi connectivity index (χ0n) is 9.63. The van der Waals surface area contributed by atoms with Crippen molar-refractivity contribution in [1.29, 1.82) is 0 Å². The first-order chi connectivity index (χ1) is 8.83. The minimum absolute atomic E-state index is 0.00980. The van der Waals surface area contributed by atoms with E-state index in [0.29, 0.717) is 29.6 Å². The highest BCUT2D eigenvalue weighted by molar-refractivity contribution is 5.76. The number of fused-ring (bicyclic) bond motifs is 1. The molecule has 0 fully saturated rings. The highest BCUT2D eigenvalue weighted by Gasteiger charge is 2.05. The summed E-state index contributed by atoms with van der Waals surface area (Å²) in [6.07, 6.45) is 4.35. The van der Waals surface area contributed by atoms with Crippen molar-refractivity contribution in [1.82, 2.24) is 4.98 Å². The van der Waals surface area contributed by atoms with Crippen molar-refractivity contribution in [3.63, 3.8) is 0 Å². The van der Waals surface area contributed by atoms with Gasteiger partial charge in [0, 0.05) is 18.9 Å². The number of hydrogen-bond acceptors (Lipinski definition) is 4. The lowest BCUT2D eigenvalue weighted by Gasteiger charge is -2.01. The second-order valence-corrected chi connectivity index (χ2v) is 4.04. The van der Waals surface area contributed by atoms with Gasteiger partial charge in [0.15, 0.2) is 11.8 Å². The topological polar surface area (TPSA) is 56.2 Å². The van der Waals surface area contributed by atoms with Crippen LogP contribution >= 0.6 is 0 Å². The molecule has 1 aromatic carbocycles. The zero-order chi connectivity index (χ0) is 12.4. The molecule has 0 aliphatic carbocycles. The fourth-order valence-electron chi connectivity index (χ4n) is 1.89. The molecule has 4 heteroatoms. The molecule has 0 amide bonds. The van der Waals surface area contributed by atoms with Crippen molar-refractivity contribution in [2.75, 3.05) is 0 Å². The third-order valence-corrected chi connectivity index (χ3v) is 2.79. The number of hydrogen-bond donors (Lipinski definition) is 0. The summed E-state index contributed by atoms with van der Waals surface area (Å²) >= 11 is 0. The Labute approximate surface area is 103 Å². The van der Waals surface area contributed by atoms with Crippen LogP contribution in [0.15, 0.2) is 56.6 Å². The Kier molecular flexibility index (Phi) is 2.68. The van der Waals surface area contributed by atoms with E-state index >= 15 is 0 Å². The van der Waals surface area contributed by atoms with Gasteiger partial charge in [0.25, 0.3) is 0 Å². The standard InChI is InChI=1S/C14H11NO3/c16-13-7-10(5-6-11-8-15-9-17-11)18-14-4-2-1-3-12(13)14/h1-4,7-9H,5-6H2. The molecule has 0 N–H and O–H groups in total. The first-order valence-corrected chi connectivity index (χ1v) is 5.72. The van der Waals surface area contributed by atoms with Crippen molar-refractivity contribution in [2.24, 2.45) is 0 Å². The second kappa shape index (κ2) is 4.49. The van der Waals surface area contributed by atoms with E-state index in [9.17, 15) is 4.79 Å². The van der Waals surface area contributed by atoms with Gasteiger partial charge in [-0.2, -0.15) is 0 Å². The maximum Gasteiger partial charge on any atom is 0.192 e. The van der Waals surface area contributed by atoms with E-state index in [1.54, 1.807) is 24.4 Å². The van der Waals surface area contributed by atoms with Gasteiger partial charge < -0.3 is 8.83 Å². The number of para-hydroxylation sites is 1. The zero-order valence-corrected chi connectivity index (χ0v) is 9.63. The van der Waals surface area contributed by atoms with E-state index in [2.05, 4.69) is 4.98 Å². The van der Waals surface area contributed by atoms with Crippen LogP contribution in [0.4, 0.5) is 0 Å². The van der Waals surface area contributed by atoms with Crippen LogP contribution in [0.1, 0.15) is 11.5 Å². The van der Waals surface area contributed by atoms with E-state index in [1.165, 1.54) is 6.39 Å². The molecule has 0 spiro atoms. The van der Waals surface area contributed by atoms with Crippen molar-refractivity contribution in [2.45, 2.75) is 12.8 Å². The molecule has 0 bridgehead atoms. The molecule has 2 heterocycles. The number of aromatic nitrogens is 1. The number of nitrogens with zero attached hydrogens (tertiary/aromatic N) is 1. The molecule has 0 aliphatic rings. The Bertz CT molecular complexity index is 713. The first-order valence-electron chi connectivity index (χ1n) is 5.72. The van der Waals surface area contributed by atoms with E-state index in [4.69, 9.17) is 8.83 Å². The maximum atomic E-state index is 11.9. The minimum atomic E-state index is -0.00980. The molecule has 3 aromatic rings. The number of rotatable bonds is 3. The molecule has 2 aromatic heterocycles. The number of oxazole rings is 1. The van der Waals surface area contributed by atoms with Gasteiger partial charge in [-0.3, -0.25) is 4.79 Å². The first kappa shape index (κ1) is 10.8. The smallest absolute Gasteiger partial charge is 0.192 e. The van der Waals surface area contributed by atoms with Gasteiger partial charge >= 0.3 is 0 Å². The molecule has 18 heavy (non-hydrogen) atoms. The summed E-state index contributed by atoms with van der Waals surface area (Å²) < 4.78 is 10.8. The lowest BCUT2D eigenvalue weighted by atomic mass is 10.1. The molecule has 0 saturated heterocycles. The van der Waals surface area contributed by atoms with Crippen LogP contribution in [0.2, 0.25) is 0 Å². The SMILES string of the molecule is O=c1cc(CCc2cnco2)oc2ccccc12. The molecular formula is C14H11NO3. The maximum absolute atomic E-state index is 11.9. The van der Waals surface area contributed by atoms with E-state index in [0.717, 1.165) is 5.76 Å². The van der Waals surface area contributed by atoms with Gasteiger partial charge in [-0.05, 0) is 12.1 Å². The quantitative estimate of drug-likeness (QED) is 0.707. The van der Waals surface area contributed by atoms with Gasteiger partial charge in [0.2, 0.25) is 0 Å². The molecule has 0 atom stereocenters. The van der Waals surface area contributed by atoms with E-state index in [-0.39, 0.29) is 5.43 Å². The van der Waals surface area contributed by atoms with Crippen LogP contribution in [0.25, 0.3) is 11.0 Å². The fraction of sp³-hybridized carbons (Fsp3) is 0.143. The van der Waals surface area contributed by atoms with Crippen LogP contribution in [0, 0.1) is 0 Å². The average molecular weight is 241 g/mol. The highest BCUT2D eigenvalue weighted by atomic mass is 16.3. The molecule has 3 rings (SSSR count). The van der Waals surface area contributed by atoms with Gasteiger partial charge in [0.05, 0.1) is 11.6 Å². The Morgan fingerprint density at radius 1 is 1.11 bits per heavy atom. The summed E-state index contributed by atoms with van der Waals surface area (Å²) in [4.78, 5) is 15.7. The van der Waals surface area contributed by atoms with Crippen molar-refractivity contribution in [3.05, 3.63) is 64.7 Å². The highest BCUT2D eigenvalue weighted by Crippen LogP contribution is 2.13. The lowest BCUT2D eigenvalue weighted by molar-refractivity contribution is 0.481. The minimum Gasteiger partial charge on any atom is -0.461 e. The summed E-state index contributed by atoms with van der Waals surface area (Å²) in [7, 11) is 0. The van der Waals surface area contributed by atoms with E-state index in [1.807, 2.05) is 12.1 Å². The second-order valence-electron chi connectivity index (χ2n) is 4.04. The van der Waals surface area contributed by atoms with Gasteiger partial charge in [0.1, 0.15) is 17.1 Å². The van der Waals surface area contributed by atoms with Gasteiger partial charge in [-0.25, -0.2) is 4.98 Å². The summed E-state index contributed by atoms with van der Waals surface area (Å²) in [5, 5.41) is 0.612. The number of aryl methyl sites for hydroxylation is 2. The average Bonchev–Trinajstić information content (AvgIpc) is 2.90. The summed E-state index contributed by atoms with van der Waals surface area (Å²) in [6.45, 7) is 0. The molecule has 0 unspecified atom stereocenters. The Hall–Kier alpha value is -2.36. The molecule has 0 saturated carbocycles. The van der Waals surface area contributed by atoms with Gasteiger partial charge in [-0.15, -0.1) is 0 Å². The summed E-state index contributed by atoms with van der Waals surface area (Å²) in [5.41, 5.74) is 0.613. The molecule has 0 radical (unpaired) electrons. The lowest BCUT2D eigenvalue weighted by Crippen LogP contribution is -2.02. The molecule has 0 aliphatic heterocycles. The van der Waals surface area contributed by atoms with Gasteiger partial charge in [-0.1, -0.05) is 12.1 Å². The Morgan fingerprint density at radius 2 is 1.94 bits per heavy atom. The van der Waals surface area contributed by atoms with Crippen LogP contribution in [-0.4, -0.2) is 4.98 Å². The normalized spacial score (nSPS) is 10.9. The summed E-state index contributed by atoms with van der Waals surface area (Å²) in [6, 6.07) is 8.79. The largest absolute Gasteiger partial charge is 0.461 e. The molecule has 90 valence electrons. The molecular weight excluding hydrogens is 230 g/mol. The van der Waals surface area contributed by atoms with Crippen molar-refractivity contribution in [3.8, 4) is 0 Å². The predicted molar refractivity (Wildman–Crippen MR) is 66.4 cm³/mol. The monoisotopic (exact) mass is 241 g/mol. The number of benzene rings is 1. The Balaban J connectivity index is 1.91. The van der Waals surface area contributed by atoms with Crippen molar-refractivity contribution < 1.29 is 8.83 Å². The summed E-state index contributed by atoms with van der Waals surface area (Å²) in [5.74, 6) is 1.45. The van der Waals surface area contributed by atoms with Crippen LogP contribution in [0.5, 0.6) is 0 Å². The van der Waals surface area contributed by atoms with Crippen LogP contribution in [0.3, 0.4) is 0 Å². The van der Waals surface area contributed by atoms with E-state index < -0.39 is 0 Å². The third-order valence-electron chi connectivity index (χ3n) is 2.79. The third kappa shape index (κ3) is 2.05. The fourth-order valence-corrected chi connectivity index (χ4v) is 1.89. The predicted octanol–water partition coefficient (Wildman–Crippen LogP) is 2.57. The Morgan fingerprint density at radius 3 is 2.78 bits per heavy atom. The van der Waals surface area contributed by atoms with Crippen molar-refractivity contribution >= 4 is 11.0 Å². The van der Waals surface area contributed by atoms with Crippen LogP contribution in [-0.2, 0) is 12.8 Å².